The van der Waals surface area contributed by atoms with Gasteiger partial charge in [0.05, 0.1) is 0 Å². The van der Waals surface area contributed by atoms with Gasteiger partial charge in [0.2, 0.25) is 5.95 Å². The summed E-state index contributed by atoms with van der Waals surface area (Å²) in [5, 5.41) is 0. The highest BCUT2D eigenvalue weighted by Gasteiger charge is 2.27. The minimum Gasteiger partial charge on any atom is -0.359 e. The summed E-state index contributed by atoms with van der Waals surface area (Å²) in [5.41, 5.74) is 0.938. The van der Waals surface area contributed by atoms with Crippen LogP contribution in [-0.2, 0) is 0 Å². The van der Waals surface area contributed by atoms with Gasteiger partial charge in [-0.3, -0.25) is 0 Å². The number of halogens is 2. The zero-order valence-electron chi connectivity index (χ0n) is 19.4. The van der Waals surface area contributed by atoms with Gasteiger partial charge in [0.1, 0.15) is 17.5 Å². The summed E-state index contributed by atoms with van der Waals surface area (Å²) in [7, 11) is 1.98. The average Bonchev–Trinajstić information content (AvgIpc) is 2.83. The summed E-state index contributed by atoms with van der Waals surface area (Å²) < 4.78 is 28.0. The molecule has 3 heterocycles. The molecule has 0 bridgehead atoms. The van der Waals surface area contributed by atoms with Crippen LogP contribution in [0.4, 0.5) is 20.5 Å². The van der Waals surface area contributed by atoms with Gasteiger partial charge in [-0.15, -0.1) is 0 Å². The van der Waals surface area contributed by atoms with E-state index in [0.29, 0.717) is 28.9 Å². The summed E-state index contributed by atoms with van der Waals surface area (Å²) in [4.78, 5) is 16.5. The summed E-state index contributed by atoms with van der Waals surface area (Å²) in [6, 6.07) is 4.34. The highest BCUT2D eigenvalue weighted by atomic mass is 19.1. The van der Waals surface area contributed by atoms with Gasteiger partial charge in [0.15, 0.2) is 0 Å². The van der Waals surface area contributed by atoms with E-state index in [9.17, 15) is 8.78 Å². The third-order valence-electron chi connectivity index (χ3n) is 6.84. The third-order valence-corrected chi connectivity index (χ3v) is 6.84. The molecule has 0 spiro atoms. The highest BCUT2D eigenvalue weighted by Crippen LogP contribution is 2.33. The maximum atomic E-state index is 14.6. The van der Waals surface area contributed by atoms with Crippen molar-refractivity contribution in [2.24, 2.45) is 0 Å². The van der Waals surface area contributed by atoms with Crippen molar-refractivity contribution >= 4 is 11.8 Å². The predicted molar refractivity (Wildman–Crippen MR) is 126 cm³/mol. The van der Waals surface area contributed by atoms with Crippen LogP contribution >= 0.6 is 0 Å². The fraction of sp³-hybridized carbons (Fsp3) is 0.600. The van der Waals surface area contributed by atoms with E-state index >= 15 is 0 Å². The third kappa shape index (κ3) is 5.20. The second kappa shape index (κ2) is 10.6. The molecular formula is C25H35F2N5. The van der Waals surface area contributed by atoms with Gasteiger partial charge in [0.25, 0.3) is 0 Å². The lowest BCUT2D eigenvalue weighted by Gasteiger charge is -2.40. The summed E-state index contributed by atoms with van der Waals surface area (Å²) in [6.07, 6.45) is 10.0. The Bertz CT molecular complexity index is 892. The maximum absolute atomic E-state index is 14.6. The molecular weight excluding hydrogens is 408 g/mol. The van der Waals surface area contributed by atoms with Gasteiger partial charge in [0, 0.05) is 56.1 Å². The lowest BCUT2D eigenvalue weighted by molar-refractivity contribution is 0.141. The van der Waals surface area contributed by atoms with E-state index in [1.54, 1.807) is 6.20 Å². The van der Waals surface area contributed by atoms with Crippen LogP contribution in [0.5, 0.6) is 0 Å². The van der Waals surface area contributed by atoms with Crippen molar-refractivity contribution in [2.45, 2.75) is 57.9 Å². The summed E-state index contributed by atoms with van der Waals surface area (Å²) in [6.45, 7) is 7.29. The average molecular weight is 444 g/mol. The van der Waals surface area contributed by atoms with Crippen LogP contribution in [0.3, 0.4) is 0 Å². The topological polar surface area (TPSA) is 35.5 Å². The molecule has 0 radical (unpaired) electrons. The Kier molecular flexibility index (Phi) is 7.55. The van der Waals surface area contributed by atoms with Crippen molar-refractivity contribution in [2.75, 3.05) is 49.6 Å². The Labute approximate surface area is 190 Å². The molecule has 2 aromatic rings. The van der Waals surface area contributed by atoms with Gasteiger partial charge < -0.3 is 14.7 Å². The lowest BCUT2D eigenvalue weighted by atomic mass is 10.00. The predicted octanol–water partition coefficient (Wildman–Crippen LogP) is 5.11. The molecule has 0 amide bonds. The largest absolute Gasteiger partial charge is 0.359 e. The number of unbranched alkanes of at least 4 members (excludes halogenated alkanes) is 1. The van der Waals surface area contributed by atoms with Crippen LogP contribution in [0.25, 0.3) is 11.1 Å². The van der Waals surface area contributed by atoms with Crippen molar-refractivity contribution in [1.29, 1.82) is 0 Å². The molecule has 32 heavy (non-hydrogen) atoms. The zero-order valence-corrected chi connectivity index (χ0v) is 19.4. The molecule has 174 valence electrons. The molecule has 2 aliphatic heterocycles. The van der Waals surface area contributed by atoms with Crippen molar-refractivity contribution in [1.82, 2.24) is 14.9 Å². The zero-order chi connectivity index (χ0) is 22.5. The van der Waals surface area contributed by atoms with Gasteiger partial charge in [-0.1, -0.05) is 19.8 Å². The number of aromatic nitrogens is 2. The van der Waals surface area contributed by atoms with Gasteiger partial charge in [-0.25, -0.2) is 13.8 Å². The second-order valence-corrected chi connectivity index (χ2v) is 9.12. The molecule has 1 aromatic heterocycles. The quantitative estimate of drug-likeness (QED) is 0.594. The van der Waals surface area contributed by atoms with Crippen LogP contribution in [0.15, 0.2) is 24.4 Å². The number of hydrogen-bond donors (Lipinski definition) is 0. The minimum atomic E-state index is -0.589. The van der Waals surface area contributed by atoms with Gasteiger partial charge >= 0.3 is 0 Å². The van der Waals surface area contributed by atoms with Crippen LogP contribution in [-0.4, -0.2) is 60.7 Å². The number of likely N-dealkylation sites (tertiary alicyclic amines) is 1. The standard InChI is InChI=1S/C25H35F2N5/c1-3-4-12-30(2)24-22(21-9-8-19(26)17-23(21)27)18-28-25(29-24)32-15-10-20(11-16-32)31-13-6-5-7-14-31/h8-9,17-18,20H,3-7,10-16H2,1-2H3. The van der Waals surface area contributed by atoms with Crippen LogP contribution in [0.1, 0.15) is 51.9 Å². The molecule has 0 unspecified atom stereocenters. The molecule has 2 aliphatic rings. The molecule has 0 N–H and O–H groups in total. The molecule has 2 fully saturated rings. The smallest absolute Gasteiger partial charge is 0.227 e. The molecule has 0 saturated carbocycles. The minimum absolute atomic E-state index is 0.333. The number of hydrogen-bond acceptors (Lipinski definition) is 5. The van der Waals surface area contributed by atoms with E-state index in [4.69, 9.17) is 4.98 Å². The Morgan fingerprint density at radius 2 is 1.78 bits per heavy atom. The van der Waals surface area contributed by atoms with E-state index in [1.165, 1.54) is 44.5 Å². The molecule has 1 aromatic carbocycles. The molecule has 2 saturated heterocycles. The van der Waals surface area contributed by atoms with Crippen molar-refractivity contribution in [3.63, 3.8) is 0 Å². The van der Waals surface area contributed by atoms with Gasteiger partial charge in [-0.2, -0.15) is 4.98 Å². The first-order valence-electron chi connectivity index (χ1n) is 12.1. The number of nitrogens with zero attached hydrogens (tertiary/aromatic N) is 5. The monoisotopic (exact) mass is 443 g/mol. The molecule has 0 aliphatic carbocycles. The first-order chi connectivity index (χ1) is 15.6. The lowest BCUT2D eigenvalue weighted by Crippen LogP contribution is -2.47. The molecule has 4 rings (SSSR count). The van der Waals surface area contributed by atoms with E-state index < -0.39 is 11.6 Å². The van der Waals surface area contributed by atoms with Crippen LogP contribution < -0.4 is 9.80 Å². The number of piperidine rings is 2. The number of rotatable bonds is 7. The molecule has 5 nitrogen and oxygen atoms in total. The van der Waals surface area contributed by atoms with E-state index in [-0.39, 0.29) is 0 Å². The first-order valence-corrected chi connectivity index (χ1v) is 12.1. The van der Waals surface area contributed by atoms with Crippen molar-refractivity contribution in [3.8, 4) is 11.1 Å². The summed E-state index contributed by atoms with van der Waals surface area (Å²) >= 11 is 0. The van der Waals surface area contributed by atoms with Crippen molar-refractivity contribution < 1.29 is 8.78 Å². The van der Waals surface area contributed by atoms with E-state index in [1.807, 2.05) is 7.05 Å². The number of benzene rings is 1. The second-order valence-electron chi connectivity index (χ2n) is 9.12. The maximum Gasteiger partial charge on any atom is 0.227 e. The molecule has 0 atom stereocenters. The fourth-order valence-corrected chi connectivity index (χ4v) is 4.92. The van der Waals surface area contributed by atoms with E-state index in [2.05, 4.69) is 26.6 Å². The molecule has 7 heteroatoms. The summed E-state index contributed by atoms with van der Waals surface area (Å²) in [5.74, 6) is 0.230. The van der Waals surface area contributed by atoms with Crippen LogP contribution in [0, 0.1) is 11.6 Å². The number of anilines is 2. The SMILES string of the molecule is CCCCN(C)c1nc(N2CCC(N3CCCCC3)CC2)ncc1-c1ccc(F)cc1F. The Morgan fingerprint density at radius 3 is 2.47 bits per heavy atom. The van der Waals surface area contributed by atoms with Crippen LogP contribution in [0.2, 0.25) is 0 Å². The Balaban J connectivity index is 1.55. The van der Waals surface area contributed by atoms with E-state index in [0.717, 1.165) is 51.4 Å². The Hall–Kier alpha value is -2.28. The highest BCUT2D eigenvalue weighted by molar-refractivity contribution is 5.76. The Morgan fingerprint density at radius 1 is 1.03 bits per heavy atom. The first kappa shape index (κ1) is 22.9. The normalized spacial score (nSPS) is 18.2. The van der Waals surface area contributed by atoms with Crippen molar-refractivity contribution in [3.05, 3.63) is 36.0 Å². The van der Waals surface area contributed by atoms with Gasteiger partial charge in [-0.05, 0) is 57.3 Å². The fourth-order valence-electron chi connectivity index (χ4n) is 4.92.